The maximum absolute atomic E-state index is 8.86. The molecule has 2 rings (SSSR count). The van der Waals surface area contributed by atoms with E-state index in [-0.39, 0.29) is 0 Å². The van der Waals surface area contributed by atoms with E-state index in [2.05, 4.69) is 18.2 Å². The lowest BCUT2D eigenvalue weighted by atomic mass is 9.83. The number of nitrogens with two attached hydrogens (primary N) is 1. The van der Waals surface area contributed by atoms with Crippen molar-refractivity contribution in [1.29, 1.82) is 5.26 Å². The molecule has 0 fully saturated rings. The van der Waals surface area contributed by atoms with Crippen LogP contribution < -0.4 is 5.73 Å². The summed E-state index contributed by atoms with van der Waals surface area (Å²) in [6.45, 7) is 0. The first-order valence-electron chi connectivity index (χ1n) is 4.36. The van der Waals surface area contributed by atoms with Crippen LogP contribution in [0.25, 0.3) is 0 Å². The molecule has 2 atom stereocenters. The van der Waals surface area contributed by atoms with Gasteiger partial charge in [-0.15, -0.1) is 0 Å². The Morgan fingerprint density at radius 3 is 2.92 bits per heavy atom. The van der Waals surface area contributed by atoms with Crippen molar-refractivity contribution in [3.63, 3.8) is 0 Å². The molecule has 0 amide bonds. The number of fused-ring (bicyclic) bond motifs is 1. The fraction of sp³-hybridized carbons (Fsp3) is 0.500. The van der Waals surface area contributed by atoms with Gasteiger partial charge >= 0.3 is 0 Å². The summed E-state index contributed by atoms with van der Waals surface area (Å²) in [7, 11) is 0. The van der Waals surface area contributed by atoms with E-state index in [0.717, 1.165) is 30.5 Å². The third-order valence-electron chi connectivity index (χ3n) is 2.88. The smallest absolute Gasteiger partial charge is 0.0968 e. The Morgan fingerprint density at radius 2 is 2.17 bits per heavy atom. The van der Waals surface area contributed by atoms with Gasteiger partial charge in [-0.3, -0.25) is 0 Å². The van der Waals surface area contributed by atoms with E-state index in [1.807, 2.05) is 0 Å². The molecule has 62 valence electrons. The maximum Gasteiger partial charge on any atom is 0.0968 e. The van der Waals surface area contributed by atoms with E-state index < -0.39 is 0 Å². The molecule has 2 aliphatic carbocycles. The monoisotopic (exact) mass is 160 g/mol. The molecule has 2 aliphatic rings. The minimum atomic E-state index is 0.431. The highest BCUT2D eigenvalue weighted by atomic mass is 14.6. The summed E-state index contributed by atoms with van der Waals surface area (Å²) in [5.41, 5.74) is 7.46. The van der Waals surface area contributed by atoms with Gasteiger partial charge in [-0.2, -0.15) is 5.26 Å². The number of rotatable bonds is 0. The average molecular weight is 160 g/mol. The van der Waals surface area contributed by atoms with Crippen molar-refractivity contribution in [3.8, 4) is 6.07 Å². The Bertz CT molecular complexity index is 293. The maximum atomic E-state index is 8.86. The van der Waals surface area contributed by atoms with Gasteiger partial charge in [0.25, 0.3) is 0 Å². The first-order valence-corrected chi connectivity index (χ1v) is 4.36. The topological polar surface area (TPSA) is 49.8 Å². The molecule has 0 aliphatic heterocycles. The zero-order chi connectivity index (χ0) is 8.55. The minimum Gasteiger partial charge on any atom is -0.401 e. The molecule has 0 aromatic heterocycles. The lowest BCUT2D eigenvalue weighted by Gasteiger charge is -2.20. The quantitative estimate of drug-likeness (QED) is 0.548. The fourth-order valence-corrected chi connectivity index (χ4v) is 2.23. The summed E-state index contributed by atoms with van der Waals surface area (Å²) in [6, 6.07) is 2.23. The highest BCUT2D eigenvalue weighted by molar-refractivity contribution is 5.35. The second kappa shape index (κ2) is 2.67. The molecule has 0 heterocycles. The van der Waals surface area contributed by atoms with Gasteiger partial charge in [0.1, 0.15) is 0 Å². The fourth-order valence-electron chi connectivity index (χ4n) is 2.23. The van der Waals surface area contributed by atoms with Crippen LogP contribution in [0.2, 0.25) is 0 Å². The predicted molar refractivity (Wildman–Crippen MR) is 46.8 cm³/mol. The molecule has 2 N–H and O–H groups in total. The van der Waals surface area contributed by atoms with E-state index in [9.17, 15) is 0 Å². The Labute approximate surface area is 72.4 Å². The second-order valence-electron chi connectivity index (χ2n) is 3.56. The summed E-state index contributed by atoms with van der Waals surface area (Å²) in [5, 5.41) is 8.86. The lowest BCUT2D eigenvalue weighted by Crippen LogP contribution is -2.12. The summed E-state index contributed by atoms with van der Waals surface area (Å²) < 4.78 is 0. The number of nitriles is 1. The van der Waals surface area contributed by atoms with E-state index >= 15 is 0 Å². The molecule has 0 radical (unpaired) electrons. The largest absolute Gasteiger partial charge is 0.401 e. The highest BCUT2D eigenvalue weighted by Gasteiger charge is 2.33. The van der Waals surface area contributed by atoms with E-state index in [1.165, 1.54) is 0 Å². The molecule has 2 unspecified atom stereocenters. The van der Waals surface area contributed by atoms with Crippen molar-refractivity contribution in [3.05, 3.63) is 23.4 Å². The molecule has 0 spiro atoms. The zero-order valence-electron chi connectivity index (χ0n) is 6.96. The van der Waals surface area contributed by atoms with Gasteiger partial charge in [0.15, 0.2) is 0 Å². The van der Waals surface area contributed by atoms with E-state index in [0.29, 0.717) is 11.8 Å². The number of allylic oxidation sites excluding steroid dienone is 4. The van der Waals surface area contributed by atoms with Crippen molar-refractivity contribution in [1.82, 2.24) is 0 Å². The van der Waals surface area contributed by atoms with Crippen molar-refractivity contribution in [2.75, 3.05) is 0 Å². The molecule has 0 aromatic rings. The van der Waals surface area contributed by atoms with Crippen LogP contribution in [0.3, 0.4) is 0 Å². The van der Waals surface area contributed by atoms with Gasteiger partial charge in [0, 0.05) is 11.6 Å². The van der Waals surface area contributed by atoms with Crippen LogP contribution in [-0.2, 0) is 0 Å². The van der Waals surface area contributed by atoms with Crippen LogP contribution in [0.15, 0.2) is 23.4 Å². The molecule has 0 aromatic carbocycles. The SMILES string of the molecule is N#CC1=C(N)CC2CC=CCC12. The van der Waals surface area contributed by atoms with Crippen molar-refractivity contribution in [2.45, 2.75) is 19.3 Å². The van der Waals surface area contributed by atoms with Gasteiger partial charge in [-0.05, 0) is 25.2 Å². The zero-order valence-corrected chi connectivity index (χ0v) is 6.96. The normalized spacial score (nSPS) is 33.2. The summed E-state index contributed by atoms with van der Waals surface area (Å²) in [5.74, 6) is 1.05. The Hall–Kier alpha value is -1.23. The van der Waals surface area contributed by atoms with Crippen LogP contribution in [0.1, 0.15) is 19.3 Å². The van der Waals surface area contributed by atoms with Crippen molar-refractivity contribution in [2.24, 2.45) is 17.6 Å². The second-order valence-corrected chi connectivity index (χ2v) is 3.56. The van der Waals surface area contributed by atoms with Gasteiger partial charge in [0.05, 0.1) is 11.6 Å². The lowest BCUT2D eigenvalue weighted by molar-refractivity contribution is 0.405. The summed E-state index contributed by atoms with van der Waals surface area (Å²) in [4.78, 5) is 0. The van der Waals surface area contributed by atoms with Crippen LogP contribution in [0, 0.1) is 23.2 Å². The van der Waals surface area contributed by atoms with Gasteiger partial charge in [-0.1, -0.05) is 12.2 Å². The third kappa shape index (κ3) is 0.937. The average Bonchev–Trinajstić information content (AvgIpc) is 2.40. The first kappa shape index (κ1) is 7.42. The Balaban J connectivity index is 2.28. The molecule has 12 heavy (non-hydrogen) atoms. The van der Waals surface area contributed by atoms with Gasteiger partial charge in [-0.25, -0.2) is 0 Å². The first-order chi connectivity index (χ1) is 5.83. The third-order valence-corrected chi connectivity index (χ3v) is 2.88. The highest BCUT2D eigenvalue weighted by Crippen LogP contribution is 2.41. The molecule has 0 saturated carbocycles. The van der Waals surface area contributed by atoms with Crippen molar-refractivity contribution < 1.29 is 0 Å². The Morgan fingerprint density at radius 1 is 1.42 bits per heavy atom. The van der Waals surface area contributed by atoms with Gasteiger partial charge in [0.2, 0.25) is 0 Å². The molecule has 2 heteroatoms. The predicted octanol–water partition coefficient (Wildman–Crippen LogP) is 1.71. The van der Waals surface area contributed by atoms with Crippen molar-refractivity contribution >= 4 is 0 Å². The van der Waals surface area contributed by atoms with E-state index in [4.69, 9.17) is 11.0 Å². The van der Waals surface area contributed by atoms with E-state index in [1.54, 1.807) is 0 Å². The standard InChI is InChI=1S/C10H12N2/c11-6-9-8-4-2-1-3-7(8)5-10(9)12/h1-2,7-8H,3-5,12H2. The number of nitrogens with zero attached hydrogens (tertiary/aromatic N) is 1. The van der Waals surface area contributed by atoms with Gasteiger partial charge < -0.3 is 5.73 Å². The molecular formula is C10H12N2. The summed E-state index contributed by atoms with van der Waals surface area (Å²) in [6.07, 6.45) is 7.40. The number of hydrogen-bond acceptors (Lipinski definition) is 2. The minimum absolute atomic E-state index is 0.431. The molecular weight excluding hydrogens is 148 g/mol. The van der Waals surface area contributed by atoms with Crippen LogP contribution in [-0.4, -0.2) is 0 Å². The number of hydrogen-bond donors (Lipinski definition) is 1. The van der Waals surface area contributed by atoms with Crippen LogP contribution in [0.5, 0.6) is 0 Å². The molecule has 2 nitrogen and oxygen atoms in total. The Kier molecular flexibility index (Phi) is 1.65. The molecule has 0 bridgehead atoms. The van der Waals surface area contributed by atoms with Crippen LogP contribution >= 0.6 is 0 Å². The van der Waals surface area contributed by atoms with Crippen LogP contribution in [0.4, 0.5) is 0 Å². The molecule has 0 saturated heterocycles. The summed E-state index contributed by atoms with van der Waals surface area (Å²) >= 11 is 0.